The van der Waals surface area contributed by atoms with E-state index in [0.717, 1.165) is 25.2 Å². The van der Waals surface area contributed by atoms with Crippen molar-refractivity contribution in [1.29, 1.82) is 0 Å². The van der Waals surface area contributed by atoms with E-state index in [2.05, 4.69) is 15.0 Å². The molecule has 0 aromatic heterocycles. The Labute approximate surface area is 112 Å². The van der Waals surface area contributed by atoms with Crippen LogP contribution in [-0.4, -0.2) is 38.6 Å². The molecule has 0 atom stereocenters. The maximum absolute atomic E-state index is 11.4. The number of hydrogen-bond acceptors (Lipinski definition) is 4. The molecule has 0 saturated carbocycles. The molecule has 2 rings (SSSR count). The number of rotatable bonds is 2. The lowest BCUT2D eigenvalue weighted by molar-refractivity contribution is -0.121. The minimum Gasteiger partial charge on any atom is -0.465 e. The highest BCUT2D eigenvalue weighted by atomic mass is 16.5. The second kappa shape index (κ2) is 6.22. The van der Waals surface area contributed by atoms with E-state index in [1.807, 2.05) is 12.1 Å². The maximum Gasteiger partial charge on any atom is 0.337 e. The third-order valence-electron chi connectivity index (χ3n) is 3.19. The minimum atomic E-state index is -0.327. The zero-order chi connectivity index (χ0) is 13.7. The Bertz CT molecular complexity index is 444. The number of ether oxygens (including phenoxy) is 1. The van der Waals surface area contributed by atoms with Gasteiger partial charge in [0.1, 0.15) is 0 Å². The molecular formula is C14H18N2O3. The molecule has 1 N–H and O–H groups in total. The number of anilines is 1. The molecule has 1 saturated heterocycles. The van der Waals surface area contributed by atoms with Crippen molar-refractivity contribution in [3.8, 4) is 0 Å². The van der Waals surface area contributed by atoms with Gasteiger partial charge in [-0.1, -0.05) is 0 Å². The summed E-state index contributed by atoms with van der Waals surface area (Å²) in [7, 11) is 1.37. The number of esters is 1. The van der Waals surface area contributed by atoms with Gasteiger partial charge in [-0.25, -0.2) is 4.79 Å². The van der Waals surface area contributed by atoms with Crippen LogP contribution < -0.4 is 10.2 Å². The van der Waals surface area contributed by atoms with Crippen LogP contribution in [0.25, 0.3) is 0 Å². The summed E-state index contributed by atoms with van der Waals surface area (Å²) in [6.07, 6.45) is 1.40. The fourth-order valence-corrected chi connectivity index (χ4v) is 2.15. The Morgan fingerprint density at radius 3 is 2.68 bits per heavy atom. The molecule has 5 nitrogen and oxygen atoms in total. The van der Waals surface area contributed by atoms with Crippen LogP contribution in [-0.2, 0) is 9.53 Å². The van der Waals surface area contributed by atoms with Crippen LogP contribution in [0.4, 0.5) is 5.69 Å². The van der Waals surface area contributed by atoms with Gasteiger partial charge in [0.15, 0.2) is 0 Å². The SMILES string of the molecule is COC(=O)c1ccc(N2CCCC(=O)NCC2)cc1. The van der Waals surface area contributed by atoms with Crippen molar-refractivity contribution in [3.63, 3.8) is 0 Å². The number of methoxy groups -OCH3 is 1. The normalized spacial score (nSPS) is 16.3. The van der Waals surface area contributed by atoms with E-state index in [9.17, 15) is 9.59 Å². The van der Waals surface area contributed by atoms with E-state index in [4.69, 9.17) is 0 Å². The van der Waals surface area contributed by atoms with Crippen LogP contribution in [0.5, 0.6) is 0 Å². The number of carbonyl (C=O) groups excluding carboxylic acids is 2. The molecule has 1 aliphatic heterocycles. The van der Waals surface area contributed by atoms with Crippen LogP contribution in [0.3, 0.4) is 0 Å². The molecule has 1 amide bonds. The highest BCUT2D eigenvalue weighted by Gasteiger charge is 2.12. The van der Waals surface area contributed by atoms with Gasteiger partial charge in [0.2, 0.25) is 5.91 Å². The summed E-state index contributed by atoms with van der Waals surface area (Å²) in [4.78, 5) is 24.8. The Morgan fingerprint density at radius 2 is 2.00 bits per heavy atom. The second-order valence-electron chi connectivity index (χ2n) is 4.48. The molecule has 19 heavy (non-hydrogen) atoms. The van der Waals surface area contributed by atoms with E-state index in [1.54, 1.807) is 12.1 Å². The van der Waals surface area contributed by atoms with Gasteiger partial charge in [0, 0.05) is 31.7 Å². The Hall–Kier alpha value is -2.04. The van der Waals surface area contributed by atoms with Gasteiger partial charge in [-0.3, -0.25) is 4.79 Å². The van der Waals surface area contributed by atoms with Gasteiger partial charge < -0.3 is 15.0 Å². The molecule has 0 bridgehead atoms. The van der Waals surface area contributed by atoms with Gasteiger partial charge in [-0.15, -0.1) is 0 Å². The Morgan fingerprint density at radius 1 is 1.26 bits per heavy atom. The van der Waals surface area contributed by atoms with Crippen LogP contribution in [0.15, 0.2) is 24.3 Å². The number of hydrogen-bond donors (Lipinski definition) is 1. The van der Waals surface area contributed by atoms with E-state index < -0.39 is 0 Å². The first kappa shape index (κ1) is 13.4. The molecule has 1 heterocycles. The van der Waals surface area contributed by atoms with Crippen molar-refractivity contribution >= 4 is 17.6 Å². The van der Waals surface area contributed by atoms with Gasteiger partial charge >= 0.3 is 5.97 Å². The van der Waals surface area contributed by atoms with Gasteiger partial charge in [0.05, 0.1) is 12.7 Å². The highest BCUT2D eigenvalue weighted by molar-refractivity contribution is 5.89. The first-order valence-corrected chi connectivity index (χ1v) is 6.41. The largest absolute Gasteiger partial charge is 0.465 e. The van der Waals surface area contributed by atoms with Gasteiger partial charge in [0.25, 0.3) is 0 Å². The van der Waals surface area contributed by atoms with Crippen molar-refractivity contribution in [2.24, 2.45) is 0 Å². The fraction of sp³-hybridized carbons (Fsp3) is 0.429. The molecule has 0 aliphatic carbocycles. The lowest BCUT2D eigenvalue weighted by Gasteiger charge is -2.27. The molecule has 0 spiro atoms. The average molecular weight is 262 g/mol. The minimum absolute atomic E-state index is 0.126. The standard InChI is InChI=1S/C14H18N2O3/c1-19-14(18)11-4-6-12(7-5-11)16-9-2-3-13(17)15-8-10-16/h4-7H,2-3,8-10H2,1H3,(H,15,17). The third kappa shape index (κ3) is 3.47. The Balaban J connectivity index is 2.04. The van der Waals surface area contributed by atoms with Crippen molar-refractivity contribution < 1.29 is 14.3 Å². The Kier molecular flexibility index (Phi) is 4.39. The first-order valence-electron chi connectivity index (χ1n) is 6.41. The molecule has 1 aliphatic rings. The second-order valence-corrected chi connectivity index (χ2v) is 4.48. The fourth-order valence-electron chi connectivity index (χ4n) is 2.15. The van der Waals surface area contributed by atoms with Crippen molar-refractivity contribution in [2.75, 3.05) is 31.6 Å². The summed E-state index contributed by atoms with van der Waals surface area (Å²) < 4.78 is 4.67. The first-order chi connectivity index (χ1) is 9.20. The number of nitrogens with one attached hydrogen (secondary N) is 1. The lowest BCUT2D eigenvalue weighted by Crippen LogP contribution is -2.38. The molecule has 5 heteroatoms. The number of carbonyl (C=O) groups is 2. The van der Waals surface area contributed by atoms with E-state index in [-0.39, 0.29) is 11.9 Å². The van der Waals surface area contributed by atoms with E-state index in [1.165, 1.54) is 7.11 Å². The van der Waals surface area contributed by atoms with Crippen molar-refractivity contribution in [2.45, 2.75) is 12.8 Å². The number of amides is 1. The predicted molar refractivity (Wildman–Crippen MR) is 72.2 cm³/mol. The number of nitrogens with zero attached hydrogens (tertiary/aromatic N) is 1. The predicted octanol–water partition coefficient (Wildman–Crippen LogP) is 1.19. The van der Waals surface area contributed by atoms with Gasteiger partial charge in [-0.05, 0) is 30.7 Å². The monoisotopic (exact) mass is 262 g/mol. The van der Waals surface area contributed by atoms with Crippen molar-refractivity contribution in [3.05, 3.63) is 29.8 Å². The third-order valence-corrected chi connectivity index (χ3v) is 3.19. The topological polar surface area (TPSA) is 58.6 Å². The highest BCUT2D eigenvalue weighted by Crippen LogP contribution is 2.17. The molecule has 1 fully saturated rings. The van der Waals surface area contributed by atoms with E-state index in [0.29, 0.717) is 18.5 Å². The van der Waals surface area contributed by atoms with Crippen LogP contribution in [0.1, 0.15) is 23.2 Å². The van der Waals surface area contributed by atoms with Crippen LogP contribution >= 0.6 is 0 Å². The molecule has 0 radical (unpaired) electrons. The van der Waals surface area contributed by atoms with Gasteiger partial charge in [-0.2, -0.15) is 0 Å². The molecule has 0 unspecified atom stereocenters. The zero-order valence-corrected chi connectivity index (χ0v) is 11.0. The molecule has 102 valence electrons. The van der Waals surface area contributed by atoms with Crippen LogP contribution in [0.2, 0.25) is 0 Å². The lowest BCUT2D eigenvalue weighted by atomic mass is 10.1. The maximum atomic E-state index is 11.4. The van der Waals surface area contributed by atoms with Crippen LogP contribution in [0, 0.1) is 0 Å². The van der Waals surface area contributed by atoms with E-state index >= 15 is 0 Å². The summed E-state index contributed by atoms with van der Waals surface area (Å²) in [5.74, 6) is -0.202. The smallest absolute Gasteiger partial charge is 0.337 e. The average Bonchev–Trinajstić information content (AvgIpc) is 2.42. The number of benzene rings is 1. The van der Waals surface area contributed by atoms with Crippen molar-refractivity contribution in [1.82, 2.24) is 5.32 Å². The zero-order valence-electron chi connectivity index (χ0n) is 11.0. The summed E-state index contributed by atoms with van der Waals surface area (Å²) >= 11 is 0. The summed E-state index contributed by atoms with van der Waals surface area (Å²) in [6, 6.07) is 7.35. The molecule has 1 aromatic rings. The summed E-state index contributed by atoms with van der Waals surface area (Å²) in [6.45, 7) is 2.28. The summed E-state index contributed by atoms with van der Waals surface area (Å²) in [5.41, 5.74) is 1.61. The molecular weight excluding hydrogens is 244 g/mol. The quantitative estimate of drug-likeness (QED) is 0.813. The molecule has 1 aromatic carbocycles. The summed E-state index contributed by atoms with van der Waals surface area (Å²) in [5, 5.41) is 2.87.